The zero-order valence-electron chi connectivity index (χ0n) is 14.5. The van der Waals surface area contributed by atoms with Crippen LogP contribution in [0.5, 0.6) is 11.5 Å². The zero-order valence-corrected chi connectivity index (χ0v) is 14.5. The maximum atomic E-state index is 12.1. The van der Waals surface area contributed by atoms with Crippen molar-refractivity contribution in [1.29, 1.82) is 0 Å². The van der Waals surface area contributed by atoms with E-state index < -0.39 is 6.10 Å². The Labute approximate surface area is 143 Å². The number of rotatable bonds is 8. The molecule has 1 amide bonds. The lowest BCUT2D eigenvalue weighted by atomic mass is 10.1. The van der Waals surface area contributed by atoms with E-state index in [1.54, 1.807) is 7.11 Å². The first-order valence-electron chi connectivity index (χ1n) is 8.56. The van der Waals surface area contributed by atoms with Gasteiger partial charge in [-0.2, -0.15) is 0 Å². The highest BCUT2D eigenvalue weighted by Crippen LogP contribution is 2.28. The predicted molar refractivity (Wildman–Crippen MR) is 92.2 cm³/mol. The van der Waals surface area contributed by atoms with Gasteiger partial charge in [0.25, 0.3) is 0 Å². The summed E-state index contributed by atoms with van der Waals surface area (Å²) in [5.74, 6) is 1.23. The zero-order chi connectivity index (χ0) is 17.5. The minimum Gasteiger partial charge on any atom is -0.493 e. The van der Waals surface area contributed by atoms with Gasteiger partial charge in [-0.15, -0.1) is 0 Å². The summed E-state index contributed by atoms with van der Waals surface area (Å²) in [7, 11) is 1.62. The molecule has 0 aromatic heterocycles. The predicted octanol–water partition coefficient (Wildman–Crippen LogP) is 1.24. The van der Waals surface area contributed by atoms with Crippen molar-refractivity contribution in [3.8, 4) is 11.5 Å². The maximum Gasteiger partial charge on any atom is 0.223 e. The van der Waals surface area contributed by atoms with Crippen LogP contribution < -0.4 is 20.5 Å². The lowest BCUT2D eigenvalue weighted by Gasteiger charge is -2.13. The molecule has 1 aromatic rings. The number of methoxy groups -OCH3 is 1. The molecule has 134 valence electrons. The van der Waals surface area contributed by atoms with E-state index in [0.717, 1.165) is 17.7 Å². The SMILES string of the molecule is CCCOc1ccc(CCNC(=O)[C@H]2C[C@@H](N)[C@H](O)C2)cc1OC. The molecule has 2 rings (SSSR count). The summed E-state index contributed by atoms with van der Waals surface area (Å²) in [5.41, 5.74) is 6.82. The molecule has 1 fully saturated rings. The monoisotopic (exact) mass is 336 g/mol. The quantitative estimate of drug-likeness (QED) is 0.664. The Morgan fingerprint density at radius 3 is 2.79 bits per heavy atom. The first kappa shape index (κ1) is 18.5. The van der Waals surface area contributed by atoms with Crippen molar-refractivity contribution in [3.63, 3.8) is 0 Å². The number of amides is 1. The van der Waals surface area contributed by atoms with Crippen LogP contribution in [0.4, 0.5) is 0 Å². The minimum absolute atomic E-state index is 0.0307. The molecule has 0 spiro atoms. The van der Waals surface area contributed by atoms with Crippen LogP contribution in [0.3, 0.4) is 0 Å². The van der Waals surface area contributed by atoms with Gasteiger partial charge in [0, 0.05) is 18.5 Å². The molecule has 0 aliphatic heterocycles. The third kappa shape index (κ3) is 4.85. The third-order valence-electron chi connectivity index (χ3n) is 4.35. The van der Waals surface area contributed by atoms with Gasteiger partial charge in [0.05, 0.1) is 19.8 Å². The number of hydrogen-bond acceptors (Lipinski definition) is 5. The molecule has 0 bridgehead atoms. The van der Waals surface area contributed by atoms with Crippen LogP contribution in [0.15, 0.2) is 18.2 Å². The molecule has 24 heavy (non-hydrogen) atoms. The molecule has 6 nitrogen and oxygen atoms in total. The molecule has 1 aliphatic carbocycles. The number of carbonyl (C=O) groups excluding carboxylic acids is 1. The lowest BCUT2D eigenvalue weighted by Crippen LogP contribution is -2.32. The van der Waals surface area contributed by atoms with Crippen LogP contribution in [0, 0.1) is 5.92 Å². The normalized spacial score (nSPS) is 23.1. The lowest BCUT2D eigenvalue weighted by molar-refractivity contribution is -0.125. The van der Waals surface area contributed by atoms with Crippen molar-refractivity contribution < 1.29 is 19.4 Å². The fraction of sp³-hybridized carbons (Fsp3) is 0.611. The van der Waals surface area contributed by atoms with Gasteiger partial charge in [0.1, 0.15) is 0 Å². The van der Waals surface area contributed by atoms with E-state index in [-0.39, 0.29) is 17.9 Å². The molecule has 1 aromatic carbocycles. The fourth-order valence-electron chi connectivity index (χ4n) is 2.94. The Balaban J connectivity index is 1.82. The molecule has 6 heteroatoms. The molecular weight excluding hydrogens is 308 g/mol. The van der Waals surface area contributed by atoms with Crippen LogP contribution in [-0.2, 0) is 11.2 Å². The Kier molecular flexibility index (Phi) is 6.87. The molecule has 0 saturated heterocycles. The van der Waals surface area contributed by atoms with Crippen LogP contribution in [-0.4, -0.2) is 43.4 Å². The number of hydrogen-bond donors (Lipinski definition) is 3. The van der Waals surface area contributed by atoms with E-state index in [1.165, 1.54) is 0 Å². The largest absolute Gasteiger partial charge is 0.493 e. The first-order valence-corrected chi connectivity index (χ1v) is 8.56. The summed E-state index contributed by atoms with van der Waals surface area (Å²) >= 11 is 0. The maximum absolute atomic E-state index is 12.1. The Morgan fingerprint density at radius 1 is 1.38 bits per heavy atom. The molecule has 0 unspecified atom stereocenters. The van der Waals surface area contributed by atoms with E-state index in [4.69, 9.17) is 15.2 Å². The summed E-state index contributed by atoms with van der Waals surface area (Å²) in [6.45, 7) is 3.25. The van der Waals surface area contributed by atoms with Gasteiger partial charge in [0.2, 0.25) is 5.91 Å². The van der Waals surface area contributed by atoms with Gasteiger partial charge < -0.3 is 25.6 Å². The van der Waals surface area contributed by atoms with Gasteiger partial charge in [-0.25, -0.2) is 0 Å². The molecule has 1 aliphatic rings. The summed E-state index contributed by atoms with van der Waals surface area (Å²) in [6, 6.07) is 5.53. The molecule has 0 heterocycles. The average molecular weight is 336 g/mol. The highest BCUT2D eigenvalue weighted by atomic mass is 16.5. The van der Waals surface area contributed by atoms with Gasteiger partial charge >= 0.3 is 0 Å². The van der Waals surface area contributed by atoms with Gasteiger partial charge in [-0.3, -0.25) is 4.79 Å². The molecule has 1 saturated carbocycles. The number of nitrogens with two attached hydrogens (primary N) is 1. The van der Waals surface area contributed by atoms with Gasteiger partial charge in [-0.05, 0) is 43.4 Å². The second-order valence-corrected chi connectivity index (χ2v) is 6.27. The average Bonchev–Trinajstić information content (AvgIpc) is 2.92. The molecule has 3 atom stereocenters. The van der Waals surface area contributed by atoms with E-state index in [2.05, 4.69) is 12.2 Å². The summed E-state index contributed by atoms with van der Waals surface area (Å²) in [5, 5.41) is 12.6. The number of ether oxygens (including phenoxy) is 2. The van der Waals surface area contributed by atoms with Crippen LogP contribution >= 0.6 is 0 Å². The van der Waals surface area contributed by atoms with Gasteiger partial charge in [-0.1, -0.05) is 13.0 Å². The summed E-state index contributed by atoms with van der Waals surface area (Å²) < 4.78 is 11.0. The topological polar surface area (TPSA) is 93.8 Å². The summed E-state index contributed by atoms with van der Waals surface area (Å²) in [6.07, 6.45) is 2.07. The Bertz CT molecular complexity index is 540. The summed E-state index contributed by atoms with van der Waals surface area (Å²) in [4.78, 5) is 12.1. The van der Waals surface area contributed by atoms with Crippen molar-refractivity contribution in [2.45, 2.75) is 44.8 Å². The number of benzene rings is 1. The van der Waals surface area contributed by atoms with E-state index in [0.29, 0.717) is 38.2 Å². The highest BCUT2D eigenvalue weighted by molar-refractivity contribution is 5.79. The van der Waals surface area contributed by atoms with Gasteiger partial charge in [0.15, 0.2) is 11.5 Å². The Hall–Kier alpha value is -1.79. The smallest absolute Gasteiger partial charge is 0.223 e. The van der Waals surface area contributed by atoms with E-state index >= 15 is 0 Å². The molecule has 0 radical (unpaired) electrons. The number of aliphatic hydroxyl groups is 1. The minimum atomic E-state index is -0.569. The molecule has 4 N–H and O–H groups in total. The van der Waals surface area contributed by atoms with Crippen molar-refractivity contribution in [1.82, 2.24) is 5.32 Å². The fourth-order valence-corrected chi connectivity index (χ4v) is 2.94. The molecular formula is C18H28N2O4. The number of nitrogens with one attached hydrogen (secondary N) is 1. The van der Waals surface area contributed by atoms with Crippen molar-refractivity contribution in [3.05, 3.63) is 23.8 Å². The van der Waals surface area contributed by atoms with Crippen molar-refractivity contribution in [2.75, 3.05) is 20.3 Å². The number of carbonyl (C=O) groups is 1. The van der Waals surface area contributed by atoms with E-state index in [9.17, 15) is 9.90 Å². The van der Waals surface area contributed by atoms with E-state index in [1.807, 2.05) is 18.2 Å². The van der Waals surface area contributed by atoms with Crippen LogP contribution in [0.2, 0.25) is 0 Å². The Morgan fingerprint density at radius 2 is 2.17 bits per heavy atom. The first-order chi connectivity index (χ1) is 11.5. The van der Waals surface area contributed by atoms with Crippen LogP contribution in [0.1, 0.15) is 31.7 Å². The van der Waals surface area contributed by atoms with Crippen molar-refractivity contribution >= 4 is 5.91 Å². The third-order valence-corrected chi connectivity index (χ3v) is 4.35. The second-order valence-electron chi connectivity index (χ2n) is 6.27. The van der Waals surface area contributed by atoms with Crippen molar-refractivity contribution in [2.24, 2.45) is 11.7 Å². The highest BCUT2D eigenvalue weighted by Gasteiger charge is 2.34. The second kappa shape index (κ2) is 8.89. The standard InChI is InChI=1S/C18H28N2O4/c1-3-8-24-16-5-4-12(9-17(16)23-2)6-7-20-18(22)13-10-14(19)15(21)11-13/h4-5,9,13-15,21H,3,6-8,10-11,19H2,1-2H3,(H,20,22)/t13-,14+,15+/m0/s1. The van der Waals surface area contributed by atoms with Crippen LogP contribution in [0.25, 0.3) is 0 Å². The number of aliphatic hydroxyl groups excluding tert-OH is 1.